The van der Waals surface area contributed by atoms with Crippen molar-refractivity contribution in [1.29, 1.82) is 0 Å². The molecule has 1 aromatic carbocycles. The van der Waals surface area contributed by atoms with Crippen molar-refractivity contribution in [3.05, 3.63) is 24.3 Å². The van der Waals surface area contributed by atoms with Crippen molar-refractivity contribution in [2.45, 2.75) is 0 Å². The van der Waals surface area contributed by atoms with Crippen molar-refractivity contribution in [2.24, 2.45) is 0 Å². The molecule has 0 bridgehead atoms. The average molecular weight is 300 g/mol. The highest BCUT2D eigenvalue weighted by Gasteiger charge is 2.13. The first kappa shape index (κ1) is 15.1. The van der Waals surface area contributed by atoms with Gasteiger partial charge in [0.15, 0.2) is 0 Å². The third kappa shape index (κ3) is 4.36. The first-order valence-corrected chi connectivity index (χ1v) is 8.18. The molecule has 0 aromatic heterocycles. The minimum absolute atomic E-state index is 0.0503. The molecule has 0 aliphatic carbocycles. The normalized spacial score (nSPS) is 16.1. The maximum atomic E-state index is 11.8. The van der Waals surface area contributed by atoms with Crippen LogP contribution in [0.25, 0.3) is 0 Å². The van der Waals surface area contributed by atoms with E-state index in [2.05, 4.69) is 9.62 Å². The van der Waals surface area contributed by atoms with Crippen molar-refractivity contribution < 1.29 is 17.9 Å². The summed E-state index contributed by atoms with van der Waals surface area (Å²) in [6.45, 7) is 3.21. The van der Waals surface area contributed by atoms with Crippen molar-refractivity contribution in [3.63, 3.8) is 0 Å². The van der Waals surface area contributed by atoms with Crippen LogP contribution in [0.4, 0.5) is 11.4 Å². The predicted molar refractivity (Wildman–Crippen MR) is 78.8 cm³/mol. The summed E-state index contributed by atoms with van der Waals surface area (Å²) in [7, 11) is -1.88. The lowest BCUT2D eigenvalue weighted by molar-refractivity contribution is 0.122. The van der Waals surface area contributed by atoms with Gasteiger partial charge in [-0.05, 0) is 18.2 Å². The Kier molecular flexibility index (Phi) is 5.22. The molecule has 0 radical (unpaired) electrons. The van der Waals surface area contributed by atoms with E-state index in [9.17, 15) is 8.42 Å². The summed E-state index contributed by atoms with van der Waals surface area (Å²) < 4.78 is 36.3. The molecule has 1 saturated heterocycles. The molecule has 0 spiro atoms. The van der Waals surface area contributed by atoms with Gasteiger partial charge in [-0.1, -0.05) is 6.07 Å². The number of sulfonamides is 1. The second-order valence-corrected chi connectivity index (χ2v) is 6.41. The summed E-state index contributed by atoms with van der Waals surface area (Å²) >= 11 is 0. The summed E-state index contributed by atoms with van der Waals surface area (Å²) in [5, 5.41) is 0. The minimum atomic E-state index is -3.36. The molecule has 7 heteroatoms. The summed E-state index contributed by atoms with van der Waals surface area (Å²) in [5.74, 6) is -0.0503. The van der Waals surface area contributed by atoms with Gasteiger partial charge in [-0.3, -0.25) is 4.72 Å². The molecule has 0 saturated carbocycles. The number of ether oxygens (including phenoxy) is 2. The fraction of sp³-hybridized carbons (Fsp3) is 0.538. The lowest BCUT2D eigenvalue weighted by Gasteiger charge is -2.29. The smallest absolute Gasteiger partial charge is 0.235 e. The number of morpholine rings is 1. The predicted octanol–water partition coefficient (Wildman–Crippen LogP) is 0.911. The molecule has 0 amide bonds. The zero-order valence-electron chi connectivity index (χ0n) is 11.5. The summed E-state index contributed by atoms with van der Waals surface area (Å²) in [4.78, 5) is 2.18. The number of benzene rings is 1. The lowest BCUT2D eigenvalue weighted by atomic mass is 10.2. The second kappa shape index (κ2) is 6.92. The first-order chi connectivity index (χ1) is 9.61. The van der Waals surface area contributed by atoms with Crippen LogP contribution in [-0.4, -0.2) is 54.2 Å². The van der Waals surface area contributed by atoms with Gasteiger partial charge in [0.2, 0.25) is 10.0 Å². The Morgan fingerprint density at radius 2 is 2.10 bits per heavy atom. The molecule has 0 atom stereocenters. The monoisotopic (exact) mass is 300 g/mol. The average Bonchev–Trinajstić information content (AvgIpc) is 2.46. The fourth-order valence-electron chi connectivity index (χ4n) is 2.01. The summed E-state index contributed by atoms with van der Waals surface area (Å²) in [6, 6.07) is 7.40. The summed E-state index contributed by atoms with van der Waals surface area (Å²) in [5.41, 5.74) is 1.57. The Balaban J connectivity index is 2.05. The van der Waals surface area contributed by atoms with Crippen LogP contribution in [0.3, 0.4) is 0 Å². The minimum Gasteiger partial charge on any atom is -0.384 e. The molecule has 112 valence electrons. The third-order valence-corrected chi connectivity index (χ3v) is 4.30. The zero-order chi connectivity index (χ0) is 14.4. The largest absolute Gasteiger partial charge is 0.384 e. The molecule has 1 aliphatic rings. The molecule has 1 aromatic rings. The van der Waals surface area contributed by atoms with E-state index in [-0.39, 0.29) is 12.4 Å². The van der Waals surface area contributed by atoms with Crippen molar-refractivity contribution in [1.82, 2.24) is 0 Å². The Labute approximate surface area is 119 Å². The van der Waals surface area contributed by atoms with Gasteiger partial charge < -0.3 is 14.4 Å². The molecule has 6 nitrogen and oxygen atoms in total. The third-order valence-electron chi connectivity index (χ3n) is 3.05. The first-order valence-electron chi connectivity index (χ1n) is 6.53. The SMILES string of the molecule is COCCS(=O)(=O)Nc1cccc(N2CCOCC2)c1. The van der Waals surface area contributed by atoms with E-state index in [1.165, 1.54) is 7.11 Å². The van der Waals surface area contributed by atoms with Gasteiger partial charge in [-0.2, -0.15) is 0 Å². The van der Waals surface area contributed by atoms with Crippen molar-refractivity contribution in [3.8, 4) is 0 Å². The Morgan fingerprint density at radius 3 is 2.80 bits per heavy atom. The maximum Gasteiger partial charge on any atom is 0.235 e. The maximum absolute atomic E-state index is 11.8. The number of methoxy groups -OCH3 is 1. The van der Waals surface area contributed by atoms with Crippen LogP contribution in [0, 0.1) is 0 Å². The standard InChI is InChI=1S/C13H20N2O4S/c1-18-9-10-20(16,17)14-12-3-2-4-13(11-12)15-5-7-19-8-6-15/h2-4,11,14H,5-10H2,1H3. The van der Waals surface area contributed by atoms with E-state index in [0.29, 0.717) is 18.9 Å². The van der Waals surface area contributed by atoms with Gasteiger partial charge in [-0.25, -0.2) is 8.42 Å². The lowest BCUT2D eigenvalue weighted by Crippen LogP contribution is -2.36. The Hall–Kier alpha value is -1.31. The van der Waals surface area contributed by atoms with Crippen LogP contribution in [0.15, 0.2) is 24.3 Å². The number of hydrogen-bond donors (Lipinski definition) is 1. The molecule has 20 heavy (non-hydrogen) atoms. The molecule has 1 N–H and O–H groups in total. The highest BCUT2D eigenvalue weighted by molar-refractivity contribution is 7.92. The molecule has 2 rings (SSSR count). The van der Waals surface area contributed by atoms with Gasteiger partial charge in [0, 0.05) is 25.9 Å². The van der Waals surface area contributed by atoms with Crippen LogP contribution in [-0.2, 0) is 19.5 Å². The number of rotatable bonds is 6. The molecule has 0 unspecified atom stereocenters. The molecule has 1 aliphatic heterocycles. The van der Waals surface area contributed by atoms with Gasteiger partial charge >= 0.3 is 0 Å². The Bertz CT molecular complexity index is 527. The number of hydrogen-bond acceptors (Lipinski definition) is 5. The molecule has 1 heterocycles. The number of nitrogens with zero attached hydrogens (tertiary/aromatic N) is 1. The van der Waals surface area contributed by atoms with Crippen molar-refractivity contribution in [2.75, 3.05) is 55.4 Å². The zero-order valence-corrected chi connectivity index (χ0v) is 12.4. The topological polar surface area (TPSA) is 67.9 Å². The van der Waals surface area contributed by atoms with Gasteiger partial charge in [0.1, 0.15) is 0 Å². The molecular formula is C13H20N2O4S. The van der Waals surface area contributed by atoms with E-state index < -0.39 is 10.0 Å². The quantitative estimate of drug-likeness (QED) is 0.846. The van der Waals surface area contributed by atoms with Gasteiger partial charge in [0.25, 0.3) is 0 Å². The Morgan fingerprint density at radius 1 is 1.35 bits per heavy atom. The van der Waals surface area contributed by atoms with E-state index in [1.54, 1.807) is 6.07 Å². The van der Waals surface area contributed by atoms with Crippen LogP contribution < -0.4 is 9.62 Å². The van der Waals surface area contributed by atoms with E-state index >= 15 is 0 Å². The molecular weight excluding hydrogens is 280 g/mol. The highest BCUT2D eigenvalue weighted by Crippen LogP contribution is 2.21. The van der Waals surface area contributed by atoms with E-state index in [0.717, 1.165) is 18.8 Å². The highest BCUT2D eigenvalue weighted by atomic mass is 32.2. The van der Waals surface area contributed by atoms with E-state index in [4.69, 9.17) is 9.47 Å². The van der Waals surface area contributed by atoms with Gasteiger partial charge in [0.05, 0.1) is 31.3 Å². The van der Waals surface area contributed by atoms with Gasteiger partial charge in [-0.15, -0.1) is 0 Å². The van der Waals surface area contributed by atoms with E-state index in [1.807, 2.05) is 18.2 Å². The van der Waals surface area contributed by atoms with Crippen LogP contribution in [0.1, 0.15) is 0 Å². The number of anilines is 2. The van der Waals surface area contributed by atoms with Crippen LogP contribution in [0.2, 0.25) is 0 Å². The number of nitrogens with one attached hydrogen (secondary N) is 1. The van der Waals surface area contributed by atoms with Crippen LogP contribution in [0.5, 0.6) is 0 Å². The second-order valence-electron chi connectivity index (χ2n) is 4.56. The van der Waals surface area contributed by atoms with Crippen molar-refractivity contribution >= 4 is 21.4 Å². The molecule has 1 fully saturated rings. The van der Waals surface area contributed by atoms with Crippen LogP contribution >= 0.6 is 0 Å². The fourth-order valence-corrected chi connectivity index (χ4v) is 2.99. The summed E-state index contributed by atoms with van der Waals surface area (Å²) in [6.07, 6.45) is 0.